The SMILES string of the molecule is Cc1c(-c2cc(C(C)(C)C)cc(C(C)(C)C)c2O)nc2c(-c3cccc(-c4cc(-c5cccc(-c6ccccc6)c5)ccn4)c3)cccn12. The number of aromatic hydroxyl groups is 1. The molecule has 0 amide bonds. The molecule has 4 aromatic carbocycles. The van der Waals surface area contributed by atoms with Gasteiger partial charge in [0.25, 0.3) is 0 Å². The Balaban J connectivity index is 1.30. The van der Waals surface area contributed by atoms with Crippen molar-refractivity contribution >= 4 is 5.65 Å². The largest absolute Gasteiger partial charge is 0.507 e. The molecule has 0 spiro atoms. The number of hydrogen-bond donors (Lipinski definition) is 1. The second-order valence-corrected chi connectivity index (χ2v) is 15.0. The van der Waals surface area contributed by atoms with Crippen LogP contribution in [0.3, 0.4) is 0 Å². The van der Waals surface area contributed by atoms with Crippen molar-refractivity contribution in [3.8, 4) is 61.6 Å². The fraction of sp³-hybridized carbons (Fsp3) is 0.200. The molecule has 0 unspecified atom stereocenters. The van der Waals surface area contributed by atoms with Gasteiger partial charge in [-0.2, -0.15) is 0 Å². The normalized spacial score (nSPS) is 12.1. The number of rotatable bonds is 5. The zero-order valence-electron chi connectivity index (χ0n) is 29.4. The van der Waals surface area contributed by atoms with E-state index in [1.54, 1.807) is 0 Å². The van der Waals surface area contributed by atoms with Gasteiger partial charge in [0.2, 0.25) is 0 Å². The molecule has 3 aromatic heterocycles. The fourth-order valence-corrected chi connectivity index (χ4v) is 6.61. The molecule has 0 bridgehead atoms. The lowest BCUT2D eigenvalue weighted by Gasteiger charge is -2.27. The van der Waals surface area contributed by atoms with Crippen molar-refractivity contribution in [2.24, 2.45) is 0 Å². The van der Waals surface area contributed by atoms with E-state index in [0.717, 1.165) is 61.7 Å². The topological polar surface area (TPSA) is 50.4 Å². The number of benzene rings is 4. The predicted octanol–water partition coefficient (Wildman–Crippen LogP) is 11.7. The molecule has 0 atom stereocenters. The number of nitrogens with zero attached hydrogens (tertiary/aromatic N) is 3. The third-order valence-electron chi connectivity index (χ3n) is 9.46. The van der Waals surface area contributed by atoms with Crippen LogP contribution in [0.4, 0.5) is 0 Å². The summed E-state index contributed by atoms with van der Waals surface area (Å²) in [6.07, 6.45) is 3.94. The van der Waals surface area contributed by atoms with Crippen LogP contribution in [0.2, 0.25) is 0 Å². The minimum Gasteiger partial charge on any atom is -0.507 e. The Morgan fingerprint density at radius 2 is 1.20 bits per heavy atom. The summed E-state index contributed by atoms with van der Waals surface area (Å²) in [5.41, 5.74) is 13.9. The van der Waals surface area contributed by atoms with E-state index in [1.807, 2.05) is 12.3 Å². The highest BCUT2D eigenvalue weighted by Gasteiger charge is 2.27. The van der Waals surface area contributed by atoms with Crippen molar-refractivity contribution in [3.63, 3.8) is 0 Å². The molecule has 4 nitrogen and oxygen atoms in total. The van der Waals surface area contributed by atoms with Gasteiger partial charge in [0.05, 0.1) is 11.4 Å². The zero-order valence-corrected chi connectivity index (χ0v) is 29.4. The molecule has 0 saturated carbocycles. The van der Waals surface area contributed by atoms with Gasteiger partial charge in [-0.15, -0.1) is 0 Å². The highest BCUT2D eigenvalue weighted by Crippen LogP contribution is 2.43. The highest BCUT2D eigenvalue weighted by molar-refractivity contribution is 5.85. The lowest BCUT2D eigenvalue weighted by Crippen LogP contribution is -2.17. The van der Waals surface area contributed by atoms with Gasteiger partial charge in [-0.05, 0) is 93.6 Å². The van der Waals surface area contributed by atoms with Crippen LogP contribution in [0, 0.1) is 6.92 Å². The minimum absolute atomic E-state index is 0.0862. The maximum Gasteiger partial charge on any atom is 0.145 e. The van der Waals surface area contributed by atoms with Crippen molar-refractivity contribution in [2.45, 2.75) is 59.3 Å². The van der Waals surface area contributed by atoms with Gasteiger partial charge >= 0.3 is 0 Å². The van der Waals surface area contributed by atoms with Crippen molar-refractivity contribution in [2.75, 3.05) is 0 Å². The van der Waals surface area contributed by atoms with E-state index in [4.69, 9.17) is 9.97 Å². The highest BCUT2D eigenvalue weighted by atomic mass is 16.3. The summed E-state index contributed by atoms with van der Waals surface area (Å²) < 4.78 is 2.13. The average molecular weight is 642 g/mol. The number of fused-ring (bicyclic) bond motifs is 1. The van der Waals surface area contributed by atoms with Crippen molar-refractivity contribution < 1.29 is 5.11 Å². The van der Waals surface area contributed by atoms with E-state index in [2.05, 4.69) is 168 Å². The number of pyridine rings is 2. The zero-order chi connectivity index (χ0) is 34.5. The third-order valence-corrected chi connectivity index (χ3v) is 9.46. The summed E-state index contributed by atoms with van der Waals surface area (Å²) in [6.45, 7) is 15.2. The molecule has 49 heavy (non-hydrogen) atoms. The Labute approximate surface area is 289 Å². The molecule has 4 heteroatoms. The van der Waals surface area contributed by atoms with Crippen molar-refractivity contribution in [1.82, 2.24) is 14.4 Å². The summed E-state index contributed by atoms with van der Waals surface area (Å²) in [4.78, 5) is 10.0. The van der Waals surface area contributed by atoms with Crippen LogP contribution >= 0.6 is 0 Å². The molecule has 1 N–H and O–H groups in total. The molecule has 244 valence electrons. The van der Waals surface area contributed by atoms with Gasteiger partial charge < -0.3 is 9.51 Å². The molecule has 3 heterocycles. The first-order valence-corrected chi connectivity index (χ1v) is 17.0. The molecule has 0 saturated heterocycles. The Hall–Kier alpha value is -5.48. The van der Waals surface area contributed by atoms with Gasteiger partial charge in [0, 0.05) is 40.3 Å². The standard InChI is InChI=1S/C45H43N3O/c1-29-41(38-27-36(44(2,3)4)28-39(42(38)49)45(5,6)7)47-43-37(20-13-23-48(29)43)34-18-12-19-35(25-34)40-26-33(21-22-46-40)32-17-11-16-31(24-32)30-14-9-8-10-15-30/h8-28,49H,1-7H3. The molecular formula is C45H43N3O. The first kappa shape index (κ1) is 32.1. The number of imidazole rings is 1. The van der Waals surface area contributed by atoms with Crippen LogP contribution in [0.25, 0.3) is 61.5 Å². The van der Waals surface area contributed by atoms with E-state index in [-0.39, 0.29) is 10.8 Å². The Kier molecular flexibility index (Phi) is 7.99. The molecule has 0 fully saturated rings. The number of phenols is 1. The number of aromatic nitrogens is 3. The molecular weight excluding hydrogens is 599 g/mol. The van der Waals surface area contributed by atoms with Crippen molar-refractivity contribution in [1.29, 1.82) is 0 Å². The van der Waals surface area contributed by atoms with Crippen LogP contribution in [-0.2, 0) is 10.8 Å². The van der Waals surface area contributed by atoms with Crippen LogP contribution in [0.5, 0.6) is 5.75 Å². The Bertz CT molecular complexity index is 2320. The second-order valence-electron chi connectivity index (χ2n) is 15.0. The van der Waals surface area contributed by atoms with Crippen LogP contribution in [0.1, 0.15) is 58.4 Å². The van der Waals surface area contributed by atoms with E-state index in [1.165, 1.54) is 16.7 Å². The lowest BCUT2D eigenvalue weighted by atomic mass is 9.78. The monoisotopic (exact) mass is 641 g/mol. The Morgan fingerprint density at radius 1 is 0.571 bits per heavy atom. The predicted molar refractivity (Wildman–Crippen MR) is 204 cm³/mol. The van der Waals surface area contributed by atoms with Gasteiger partial charge in [0.15, 0.2) is 0 Å². The number of phenolic OH excluding ortho intramolecular Hbond substituents is 1. The summed E-state index contributed by atoms with van der Waals surface area (Å²) in [6, 6.07) is 40.4. The van der Waals surface area contributed by atoms with Crippen LogP contribution in [-0.4, -0.2) is 19.5 Å². The molecule has 7 aromatic rings. The first-order chi connectivity index (χ1) is 23.4. The van der Waals surface area contributed by atoms with E-state index in [9.17, 15) is 5.11 Å². The molecule has 0 aliphatic carbocycles. The first-order valence-electron chi connectivity index (χ1n) is 17.0. The fourth-order valence-electron chi connectivity index (χ4n) is 6.61. The maximum absolute atomic E-state index is 11.7. The van der Waals surface area contributed by atoms with Gasteiger partial charge in [-0.3, -0.25) is 4.98 Å². The van der Waals surface area contributed by atoms with E-state index >= 15 is 0 Å². The van der Waals surface area contributed by atoms with E-state index in [0.29, 0.717) is 5.75 Å². The van der Waals surface area contributed by atoms with Gasteiger partial charge in [-0.1, -0.05) is 114 Å². The second kappa shape index (κ2) is 12.2. The number of hydrogen-bond acceptors (Lipinski definition) is 3. The summed E-state index contributed by atoms with van der Waals surface area (Å²) >= 11 is 0. The smallest absolute Gasteiger partial charge is 0.145 e. The number of aryl methyl sites for hydroxylation is 1. The quantitative estimate of drug-likeness (QED) is 0.203. The summed E-state index contributed by atoms with van der Waals surface area (Å²) in [5, 5.41) is 11.7. The molecule has 7 rings (SSSR count). The average Bonchev–Trinajstić information content (AvgIpc) is 3.44. The van der Waals surface area contributed by atoms with Crippen LogP contribution in [0.15, 0.2) is 128 Å². The molecule has 0 aliphatic heterocycles. The van der Waals surface area contributed by atoms with Gasteiger partial charge in [-0.25, -0.2) is 4.98 Å². The lowest BCUT2D eigenvalue weighted by molar-refractivity contribution is 0.446. The summed E-state index contributed by atoms with van der Waals surface area (Å²) in [7, 11) is 0. The van der Waals surface area contributed by atoms with Gasteiger partial charge in [0.1, 0.15) is 11.4 Å². The molecule has 0 radical (unpaired) electrons. The molecule has 0 aliphatic rings. The summed E-state index contributed by atoms with van der Waals surface area (Å²) in [5.74, 6) is 0.302. The van der Waals surface area contributed by atoms with Crippen LogP contribution < -0.4 is 0 Å². The maximum atomic E-state index is 11.7. The minimum atomic E-state index is -0.227. The third kappa shape index (κ3) is 6.15. The Morgan fingerprint density at radius 3 is 1.92 bits per heavy atom. The van der Waals surface area contributed by atoms with Crippen molar-refractivity contribution in [3.05, 3.63) is 144 Å². The van der Waals surface area contributed by atoms with E-state index < -0.39 is 0 Å².